The first kappa shape index (κ1) is 17.0. The molecule has 0 radical (unpaired) electrons. The summed E-state index contributed by atoms with van der Waals surface area (Å²) in [4.78, 5) is 26.3. The van der Waals surface area contributed by atoms with Gasteiger partial charge in [-0.3, -0.25) is 14.5 Å². The van der Waals surface area contributed by atoms with Crippen molar-refractivity contribution in [1.29, 1.82) is 0 Å². The number of fused-ring (bicyclic) bond motifs is 1. The second-order valence-electron chi connectivity index (χ2n) is 6.12. The molecule has 130 valence electrons. The number of carbonyl (C=O) groups is 2. The molecule has 1 atom stereocenters. The Morgan fingerprint density at radius 2 is 1.38 bits per heavy atom. The molecule has 0 aromatic heterocycles. The zero-order chi connectivity index (χ0) is 16.8. The number of hydrogen-bond acceptors (Lipinski definition) is 6. The average molecular weight is 331 g/mol. The van der Waals surface area contributed by atoms with E-state index >= 15 is 0 Å². The van der Waals surface area contributed by atoms with Crippen LogP contribution >= 0.6 is 0 Å². The number of imide groups is 1. The van der Waals surface area contributed by atoms with Crippen LogP contribution in [-0.4, -0.2) is 75.1 Å². The highest BCUT2D eigenvalue weighted by Gasteiger charge is 2.36. The molecule has 3 rings (SSSR count). The molecule has 0 bridgehead atoms. The minimum atomic E-state index is -0.191. The van der Waals surface area contributed by atoms with Crippen molar-refractivity contribution in [2.45, 2.75) is 6.04 Å². The summed E-state index contributed by atoms with van der Waals surface area (Å²) < 4.78 is 0. The summed E-state index contributed by atoms with van der Waals surface area (Å²) >= 11 is 0. The lowest BCUT2D eigenvalue weighted by atomic mass is 10.1. The van der Waals surface area contributed by atoms with E-state index in [9.17, 15) is 9.59 Å². The third kappa shape index (κ3) is 3.99. The van der Waals surface area contributed by atoms with Gasteiger partial charge in [-0.2, -0.15) is 0 Å². The predicted octanol–water partition coefficient (Wildman–Crippen LogP) is -0.977. The first-order valence-corrected chi connectivity index (χ1v) is 8.58. The standard InChI is InChI=1S/C17H25N5O2/c23-16-14-3-1-2-4-15(14)17(24)22(16)12-13-11-20-8-7-18-5-6-19-9-10-21-13/h1-4,13,18-21H,5-12H2. The number of nitrogens with zero attached hydrogens (tertiary/aromatic N) is 1. The van der Waals surface area contributed by atoms with E-state index in [4.69, 9.17) is 0 Å². The fourth-order valence-electron chi connectivity index (χ4n) is 3.07. The van der Waals surface area contributed by atoms with Crippen LogP contribution in [-0.2, 0) is 0 Å². The Morgan fingerprint density at radius 1 is 0.833 bits per heavy atom. The summed E-state index contributed by atoms with van der Waals surface area (Å²) in [5.41, 5.74) is 1.02. The third-order valence-electron chi connectivity index (χ3n) is 4.36. The fourth-order valence-corrected chi connectivity index (χ4v) is 3.07. The van der Waals surface area contributed by atoms with Crippen molar-refractivity contribution in [1.82, 2.24) is 26.2 Å². The van der Waals surface area contributed by atoms with Gasteiger partial charge in [0.25, 0.3) is 11.8 Å². The van der Waals surface area contributed by atoms with Crippen molar-refractivity contribution in [2.24, 2.45) is 0 Å². The first-order chi connectivity index (χ1) is 11.8. The number of rotatable bonds is 2. The highest BCUT2D eigenvalue weighted by atomic mass is 16.2. The molecular formula is C17H25N5O2. The van der Waals surface area contributed by atoms with Gasteiger partial charge in [0.15, 0.2) is 0 Å². The van der Waals surface area contributed by atoms with Crippen LogP contribution < -0.4 is 21.3 Å². The minimum absolute atomic E-state index is 0.0356. The lowest BCUT2D eigenvalue weighted by Crippen LogP contribution is -2.51. The van der Waals surface area contributed by atoms with E-state index < -0.39 is 0 Å². The highest BCUT2D eigenvalue weighted by molar-refractivity contribution is 6.21. The van der Waals surface area contributed by atoms with Gasteiger partial charge in [0.1, 0.15) is 0 Å². The molecule has 2 heterocycles. The van der Waals surface area contributed by atoms with E-state index in [1.54, 1.807) is 24.3 Å². The van der Waals surface area contributed by atoms with Crippen molar-refractivity contribution in [3.63, 3.8) is 0 Å². The highest BCUT2D eigenvalue weighted by Crippen LogP contribution is 2.22. The summed E-state index contributed by atoms with van der Waals surface area (Å²) in [6.07, 6.45) is 0. The van der Waals surface area contributed by atoms with Crippen LogP contribution in [0.4, 0.5) is 0 Å². The molecular weight excluding hydrogens is 306 g/mol. The Kier molecular flexibility index (Phi) is 5.92. The molecule has 1 aromatic rings. The maximum atomic E-state index is 12.5. The van der Waals surface area contributed by atoms with E-state index in [-0.39, 0.29) is 17.9 Å². The van der Waals surface area contributed by atoms with E-state index in [0.717, 1.165) is 45.8 Å². The van der Waals surface area contributed by atoms with Crippen molar-refractivity contribution in [3.8, 4) is 0 Å². The summed E-state index contributed by atoms with van der Waals surface area (Å²) in [6, 6.07) is 7.06. The second kappa shape index (κ2) is 8.34. The maximum Gasteiger partial charge on any atom is 0.261 e. The first-order valence-electron chi connectivity index (χ1n) is 8.58. The Bertz CT molecular complexity index is 545. The zero-order valence-corrected chi connectivity index (χ0v) is 13.8. The average Bonchev–Trinajstić information content (AvgIpc) is 2.82. The molecule has 4 N–H and O–H groups in total. The van der Waals surface area contributed by atoms with E-state index in [0.29, 0.717) is 17.7 Å². The number of hydrogen-bond donors (Lipinski definition) is 4. The molecule has 1 saturated heterocycles. The van der Waals surface area contributed by atoms with Gasteiger partial charge in [0.05, 0.1) is 11.1 Å². The van der Waals surface area contributed by atoms with Gasteiger partial charge in [0.2, 0.25) is 0 Å². The number of amides is 2. The smallest absolute Gasteiger partial charge is 0.261 e. The van der Waals surface area contributed by atoms with Crippen LogP contribution in [0.25, 0.3) is 0 Å². The molecule has 0 spiro atoms. The number of benzene rings is 1. The quantitative estimate of drug-likeness (QED) is 0.522. The molecule has 1 unspecified atom stereocenters. The molecule has 7 nitrogen and oxygen atoms in total. The van der Waals surface area contributed by atoms with E-state index in [1.807, 2.05) is 0 Å². The Morgan fingerprint density at radius 3 is 2.00 bits per heavy atom. The van der Waals surface area contributed by atoms with Crippen molar-refractivity contribution >= 4 is 11.8 Å². The Balaban J connectivity index is 1.62. The summed E-state index contributed by atoms with van der Waals surface area (Å²) in [6.45, 7) is 6.42. The van der Waals surface area contributed by atoms with Gasteiger partial charge in [-0.1, -0.05) is 12.1 Å². The normalized spacial score (nSPS) is 23.5. The van der Waals surface area contributed by atoms with Crippen LogP contribution in [0, 0.1) is 0 Å². The fraction of sp³-hybridized carbons (Fsp3) is 0.529. The molecule has 2 aliphatic rings. The van der Waals surface area contributed by atoms with Gasteiger partial charge in [-0.05, 0) is 12.1 Å². The SMILES string of the molecule is O=C1c2ccccc2C(=O)N1CC1CNCCNCCNCCN1. The lowest BCUT2D eigenvalue weighted by molar-refractivity contribution is 0.0638. The van der Waals surface area contributed by atoms with Crippen molar-refractivity contribution in [2.75, 3.05) is 52.4 Å². The lowest BCUT2D eigenvalue weighted by Gasteiger charge is -2.25. The number of carbonyl (C=O) groups excluding carboxylic acids is 2. The summed E-state index contributed by atoms with van der Waals surface area (Å²) in [7, 11) is 0. The third-order valence-corrected chi connectivity index (χ3v) is 4.36. The topological polar surface area (TPSA) is 85.5 Å². The molecule has 2 aliphatic heterocycles. The molecule has 7 heteroatoms. The van der Waals surface area contributed by atoms with Gasteiger partial charge < -0.3 is 21.3 Å². The largest absolute Gasteiger partial charge is 0.314 e. The Hall–Kier alpha value is -1.80. The minimum Gasteiger partial charge on any atom is -0.314 e. The summed E-state index contributed by atoms with van der Waals surface area (Å²) in [5.74, 6) is -0.383. The second-order valence-corrected chi connectivity index (χ2v) is 6.12. The monoisotopic (exact) mass is 331 g/mol. The van der Waals surface area contributed by atoms with Gasteiger partial charge in [-0.25, -0.2) is 0 Å². The van der Waals surface area contributed by atoms with Crippen molar-refractivity contribution < 1.29 is 9.59 Å². The van der Waals surface area contributed by atoms with Crippen LogP contribution in [0.15, 0.2) is 24.3 Å². The van der Waals surface area contributed by atoms with Crippen LogP contribution in [0.2, 0.25) is 0 Å². The van der Waals surface area contributed by atoms with Crippen LogP contribution in [0.5, 0.6) is 0 Å². The van der Waals surface area contributed by atoms with E-state index in [1.165, 1.54) is 4.90 Å². The van der Waals surface area contributed by atoms with Crippen molar-refractivity contribution in [3.05, 3.63) is 35.4 Å². The molecule has 1 fully saturated rings. The molecule has 1 aromatic carbocycles. The van der Waals surface area contributed by atoms with Gasteiger partial charge >= 0.3 is 0 Å². The number of nitrogens with one attached hydrogen (secondary N) is 4. The van der Waals surface area contributed by atoms with Crippen LogP contribution in [0.1, 0.15) is 20.7 Å². The molecule has 24 heavy (non-hydrogen) atoms. The molecule has 2 amide bonds. The summed E-state index contributed by atoms with van der Waals surface area (Å²) in [5, 5.41) is 13.5. The predicted molar refractivity (Wildman–Crippen MR) is 92.2 cm³/mol. The maximum absolute atomic E-state index is 12.5. The molecule has 0 aliphatic carbocycles. The van der Waals surface area contributed by atoms with Gasteiger partial charge in [0, 0.05) is 58.4 Å². The van der Waals surface area contributed by atoms with Crippen LogP contribution in [0.3, 0.4) is 0 Å². The van der Waals surface area contributed by atoms with E-state index in [2.05, 4.69) is 21.3 Å². The Labute approximate surface area is 142 Å². The zero-order valence-electron chi connectivity index (χ0n) is 13.8. The molecule has 0 saturated carbocycles. The van der Waals surface area contributed by atoms with Gasteiger partial charge in [-0.15, -0.1) is 0 Å².